The Bertz CT molecular complexity index is 832. The summed E-state index contributed by atoms with van der Waals surface area (Å²) < 4.78 is 5.71. The Labute approximate surface area is 135 Å². The van der Waals surface area contributed by atoms with E-state index in [-0.39, 0.29) is 11.8 Å². The fraction of sp³-hybridized carbons (Fsp3) is 0.263. The third-order valence-corrected chi connectivity index (χ3v) is 3.73. The number of benzene rings is 2. The monoisotopic (exact) mass is 308 g/mol. The van der Waals surface area contributed by atoms with E-state index < -0.39 is 0 Å². The number of aromatic nitrogens is 1. The first-order valence-corrected chi connectivity index (χ1v) is 7.77. The molecule has 3 rings (SSSR count). The van der Waals surface area contributed by atoms with Crippen LogP contribution in [0.5, 0.6) is 0 Å². The van der Waals surface area contributed by atoms with Crippen LogP contribution in [0.3, 0.4) is 0 Å². The predicted molar refractivity (Wildman–Crippen MR) is 90.4 cm³/mol. The summed E-state index contributed by atoms with van der Waals surface area (Å²) >= 11 is 0. The highest BCUT2D eigenvalue weighted by Gasteiger charge is 2.12. The SMILES string of the molecule is Cc1ccc(CNC(=O)c2ccc3nc(C(C)C)oc3c2)cc1. The van der Waals surface area contributed by atoms with Gasteiger partial charge in [-0.2, -0.15) is 0 Å². The van der Waals surface area contributed by atoms with Crippen LogP contribution >= 0.6 is 0 Å². The van der Waals surface area contributed by atoms with Crippen LogP contribution in [-0.4, -0.2) is 10.9 Å². The molecule has 0 spiro atoms. The summed E-state index contributed by atoms with van der Waals surface area (Å²) in [5.41, 5.74) is 4.29. The van der Waals surface area contributed by atoms with E-state index >= 15 is 0 Å². The lowest BCUT2D eigenvalue weighted by molar-refractivity contribution is 0.0951. The van der Waals surface area contributed by atoms with Gasteiger partial charge in [0.15, 0.2) is 11.5 Å². The number of amides is 1. The Balaban J connectivity index is 1.73. The van der Waals surface area contributed by atoms with Crippen molar-refractivity contribution in [1.29, 1.82) is 0 Å². The molecule has 1 heterocycles. The second-order valence-corrected chi connectivity index (χ2v) is 6.06. The average Bonchev–Trinajstić information content (AvgIpc) is 2.97. The van der Waals surface area contributed by atoms with Crippen LogP contribution in [0, 0.1) is 6.92 Å². The van der Waals surface area contributed by atoms with E-state index in [2.05, 4.69) is 10.3 Å². The van der Waals surface area contributed by atoms with Crippen molar-refractivity contribution < 1.29 is 9.21 Å². The van der Waals surface area contributed by atoms with Gasteiger partial charge in [-0.3, -0.25) is 4.79 Å². The number of hydrogen-bond acceptors (Lipinski definition) is 3. The van der Waals surface area contributed by atoms with Crippen molar-refractivity contribution >= 4 is 17.0 Å². The van der Waals surface area contributed by atoms with Crippen molar-refractivity contribution in [2.24, 2.45) is 0 Å². The van der Waals surface area contributed by atoms with E-state index in [4.69, 9.17) is 4.42 Å². The Hall–Kier alpha value is -2.62. The molecule has 0 aliphatic carbocycles. The van der Waals surface area contributed by atoms with Crippen LogP contribution in [0.15, 0.2) is 46.9 Å². The van der Waals surface area contributed by atoms with Crippen molar-refractivity contribution in [3.63, 3.8) is 0 Å². The van der Waals surface area contributed by atoms with E-state index in [9.17, 15) is 4.79 Å². The number of nitrogens with zero attached hydrogens (tertiary/aromatic N) is 1. The van der Waals surface area contributed by atoms with Gasteiger partial charge in [-0.05, 0) is 30.7 Å². The molecule has 0 saturated carbocycles. The molecule has 3 aromatic rings. The van der Waals surface area contributed by atoms with Crippen molar-refractivity contribution in [2.75, 3.05) is 0 Å². The number of nitrogens with one attached hydrogen (secondary N) is 1. The molecule has 0 saturated heterocycles. The Morgan fingerprint density at radius 2 is 1.91 bits per heavy atom. The molecule has 0 unspecified atom stereocenters. The first-order chi connectivity index (χ1) is 11.0. The smallest absolute Gasteiger partial charge is 0.251 e. The number of carbonyl (C=O) groups excluding carboxylic acids is 1. The molecule has 1 N–H and O–H groups in total. The van der Waals surface area contributed by atoms with Crippen molar-refractivity contribution in [3.05, 3.63) is 65.0 Å². The molecule has 0 aliphatic rings. The molecule has 1 aromatic heterocycles. The second kappa shape index (κ2) is 6.24. The van der Waals surface area contributed by atoms with E-state index in [0.29, 0.717) is 23.6 Å². The Kier molecular flexibility index (Phi) is 4.15. The number of carbonyl (C=O) groups is 1. The molecule has 4 heteroatoms. The highest BCUT2D eigenvalue weighted by Crippen LogP contribution is 2.22. The summed E-state index contributed by atoms with van der Waals surface area (Å²) in [4.78, 5) is 16.7. The fourth-order valence-electron chi connectivity index (χ4n) is 2.32. The molecule has 0 fully saturated rings. The molecule has 2 aromatic carbocycles. The lowest BCUT2D eigenvalue weighted by Crippen LogP contribution is -2.22. The van der Waals surface area contributed by atoms with Gasteiger partial charge in [-0.1, -0.05) is 43.7 Å². The first-order valence-electron chi connectivity index (χ1n) is 7.77. The number of hydrogen-bond donors (Lipinski definition) is 1. The van der Waals surface area contributed by atoms with Gasteiger partial charge in [0.25, 0.3) is 5.91 Å². The molecule has 1 amide bonds. The fourth-order valence-corrected chi connectivity index (χ4v) is 2.32. The molecular weight excluding hydrogens is 288 g/mol. The molecule has 23 heavy (non-hydrogen) atoms. The first kappa shape index (κ1) is 15.3. The van der Waals surface area contributed by atoms with E-state index in [1.54, 1.807) is 12.1 Å². The van der Waals surface area contributed by atoms with Crippen molar-refractivity contribution in [3.8, 4) is 0 Å². The highest BCUT2D eigenvalue weighted by atomic mass is 16.3. The van der Waals surface area contributed by atoms with E-state index in [1.165, 1.54) is 5.56 Å². The summed E-state index contributed by atoms with van der Waals surface area (Å²) in [5, 5.41) is 2.93. The third-order valence-electron chi connectivity index (χ3n) is 3.73. The van der Waals surface area contributed by atoms with Gasteiger partial charge in [-0.25, -0.2) is 4.98 Å². The zero-order chi connectivity index (χ0) is 16.4. The number of fused-ring (bicyclic) bond motifs is 1. The minimum Gasteiger partial charge on any atom is -0.440 e. The molecule has 0 aliphatic heterocycles. The maximum absolute atomic E-state index is 12.3. The van der Waals surface area contributed by atoms with Crippen LogP contribution in [0.25, 0.3) is 11.1 Å². The largest absolute Gasteiger partial charge is 0.440 e. The summed E-state index contributed by atoms with van der Waals surface area (Å²) in [6.07, 6.45) is 0. The minimum absolute atomic E-state index is 0.116. The zero-order valence-electron chi connectivity index (χ0n) is 13.6. The van der Waals surface area contributed by atoms with E-state index in [1.807, 2.05) is 51.1 Å². The summed E-state index contributed by atoms with van der Waals surface area (Å²) in [6, 6.07) is 13.5. The highest BCUT2D eigenvalue weighted by molar-refractivity contribution is 5.96. The van der Waals surface area contributed by atoms with E-state index in [0.717, 1.165) is 11.1 Å². The normalized spacial score (nSPS) is 11.1. The molecular formula is C19H20N2O2. The Morgan fingerprint density at radius 1 is 1.17 bits per heavy atom. The van der Waals surface area contributed by atoms with Crippen LogP contribution in [0.2, 0.25) is 0 Å². The number of aryl methyl sites for hydroxylation is 1. The third kappa shape index (κ3) is 3.42. The molecule has 0 radical (unpaired) electrons. The van der Waals surface area contributed by atoms with Crippen molar-refractivity contribution in [1.82, 2.24) is 10.3 Å². The second-order valence-electron chi connectivity index (χ2n) is 6.06. The minimum atomic E-state index is -0.116. The Morgan fingerprint density at radius 3 is 2.61 bits per heavy atom. The van der Waals surface area contributed by atoms with Gasteiger partial charge in [0.1, 0.15) is 5.52 Å². The number of oxazole rings is 1. The average molecular weight is 308 g/mol. The molecule has 118 valence electrons. The van der Waals surface area contributed by atoms with Crippen LogP contribution in [0.1, 0.15) is 47.1 Å². The molecule has 0 atom stereocenters. The maximum atomic E-state index is 12.3. The van der Waals surface area contributed by atoms with Gasteiger partial charge in [-0.15, -0.1) is 0 Å². The van der Waals surface area contributed by atoms with Gasteiger partial charge >= 0.3 is 0 Å². The number of rotatable bonds is 4. The van der Waals surface area contributed by atoms with Crippen molar-refractivity contribution in [2.45, 2.75) is 33.2 Å². The van der Waals surface area contributed by atoms with Crippen LogP contribution in [-0.2, 0) is 6.54 Å². The topological polar surface area (TPSA) is 55.1 Å². The van der Waals surface area contributed by atoms with Crippen LogP contribution in [0.4, 0.5) is 0 Å². The lowest BCUT2D eigenvalue weighted by atomic mass is 10.1. The van der Waals surface area contributed by atoms with Gasteiger partial charge in [0, 0.05) is 18.0 Å². The molecule has 4 nitrogen and oxygen atoms in total. The quantitative estimate of drug-likeness (QED) is 0.786. The van der Waals surface area contributed by atoms with Crippen LogP contribution < -0.4 is 5.32 Å². The van der Waals surface area contributed by atoms with Gasteiger partial charge in [0.05, 0.1) is 0 Å². The zero-order valence-corrected chi connectivity index (χ0v) is 13.6. The summed E-state index contributed by atoms with van der Waals surface area (Å²) in [5.74, 6) is 0.799. The van der Waals surface area contributed by atoms with Gasteiger partial charge in [0.2, 0.25) is 0 Å². The standard InChI is InChI=1S/C19H20N2O2/c1-12(2)19-21-16-9-8-15(10-17(16)23-19)18(22)20-11-14-6-4-13(3)5-7-14/h4-10,12H,11H2,1-3H3,(H,20,22). The molecule has 0 bridgehead atoms. The van der Waals surface area contributed by atoms with Gasteiger partial charge < -0.3 is 9.73 Å². The maximum Gasteiger partial charge on any atom is 0.251 e. The lowest BCUT2D eigenvalue weighted by Gasteiger charge is -2.05. The predicted octanol–water partition coefficient (Wildman–Crippen LogP) is 4.19. The summed E-state index contributed by atoms with van der Waals surface area (Å²) in [6.45, 7) is 6.60. The summed E-state index contributed by atoms with van der Waals surface area (Å²) in [7, 11) is 0.